The maximum absolute atomic E-state index is 10.4. The number of para-hydroxylation sites is 1. The van der Waals surface area contributed by atoms with Gasteiger partial charge in [-0.15, -0.1) is 0 Å². The fourth-order valence-electron chi connectivity index (χ4n) is 3.41. The average molecular weight is 305 g/mol. The maximum atomic E-state index is 10.4. The Labute approximate surface area is 135 Å². The van der Waals surface area contributed by atoms with Crippen LogP contribution in [0.4, 0.5) is 0 Å². The molecule has 1 saturated heterocycles. The van der Waals surface area contributed by atoms with Crippen molar-refractivity contribution in [1.82, 2.24) is 4.90 Å². The highest BCUT2D eigenvalue weighted by Gasteiger charge is 2.26. The molecule has 1 aromatic rings. The fraction of sp³-hybridized carbons (Fsp3) is 0.684. The summed E-state index contributed by atoms with van der Waals surface area (Å²) in [6, 6.07) is 9.23. The predicted octanol–water partition coefficient (Wildman–Crippen LogP) is 3.81. The Morgan fingerprint density at radius 1 is 1.18 bits per heavy atom. The smallest absolute Gasteiger partial charge is 0.122 e. The average Bonchev–Trinajstić information content (AvgIpc) is 2.49. The molecule has 1 aliphatic heterocycles. The number of benzene rings is 1. The molecule has 22 heavy (non-hydrogen) atoms. The van der Waals surface area contributed by atoms with Crippen molar-refractivity contribution in [2.45, 2.75) is 71.1 Å². The first-order chi connectivity index (χ1) is 10.5. The normalized spacial score (nSPS) is 24.5. The summed E-state index contributed by atoms with van der Waals surface area (Å²) in [5.41, 5.74) is 1.20. The Morgan fingerprint density at radius 3 is 2.45 bits per heavy atom. The molecule has 1 aromatic carbocycles. The molecule has 0 spiro atoms. The van der Waals surface area contributed by atoms with Gasteiger partial charge in [-0.1, -0.05) is 38.5 Å². The van der Waals surface area contributed by atoms with Crippen LogP contribution in [0.5, 0.6) is 5.75 Å². The molecule has 0 amide bonds. The third-order valence-corrected chi connectivity index (χ3v) is 4.77. The second kappa shape index (κ2) is 7.98. The second-order valence-electron chi connectivity index (χ2n) is 6.98. The van der Waals surface area contributed by atoms with Gasteiger partial charge in [0.25, 0.3) is 0 Å². The molecule has 2 rings (SSSR count). The molecule has 3 heteroatoms. The number of β-amino-alcohol motifs (C(OH)–C–C–N with tert-alkyl or cyclic N) is 1. The maximum Gasteiger partial charge on any atom is 0.122 e. The van der Waals surface area contributed by atoms with Gasteiger partial charge >= 0.3 is 0 Å². The van der Waals surface area contributed by atoms with Crippen LogP contribution in [0.1, 0.15) is 58.4 Å². The molecule has 3 atom stereocenters. The van der Waals surface area contributed by atoms with Crippen molar-refractivity contribution in [3.63, 3.8) is 0 Å². The summed E-state index contributed by atoms with van der Waals surface area (Å²) in [5.74, 6) is 1.33. The van der Waals surface area contributed by atoms with Gasteiger partial charge in [0.15, 0.2) is 0 Å². The zero-order valence-electron chi connectivity index (χ0n) is 14.5. The van der Waals surface area contributed by atoms with Gasteiger partial charge in [0.2, 0.25) is 0 Å². The summed E-state index contributed by atoms with van der Waals surface area (Å²) in [7, 11) is 0. The summed E-state index contributed by atoms with van der Waals surface area (Å²) < 4.78 is 5.90. The van der Waals surface area contributed by atoms with Crippen LogP contribution in [0.3, 0.4) is 0 Å². The van der Waals surface area contributed by atoms with Gasteiger partial charge in [0.05, 0.1) is 0 Å². The lowest BCUT2D eigenvalue weighted by Crippen LogP contribution is -2.48. The Kier molecular flexibility index (Phi) is 6.27. The number of hydrogen-bond donors (Lipinski definition) is 1. The third-order valence-electron chi connectivity index (χ3n) is 4.77. The van der Waals surface area contributed by atoms with Crippen molar-refractivity contribution in [3.8, 4) is 5.75 Å². The molecule has 1 aliphatic rings. The van der Waals surface area contributed by atoms with E-state index < -0.39 is 6.10 Å². The minimum Gasteiger partial charge on any atom is -0.491 e. The molecule has 124 valence electrons. The van der Waals surface area contributed by atoms with Crippen LogP contribution in [-0.2, 0) is 0 Å². The third kappa shape index (κ3) is 4.47. The largest absolute Gasteiger partial charge is 0.491 e. The Morgan fingerprint density at radius 2 is 1.82 bits per heavy atom. The molecule has 0 aliphatic carbocycles. The van der Waals surface area contributed by atoms with Crippen LogP contribution in [0, 0.1) is 0 Å². The first-order valence-electron chi connectivity index (χ1n) is 8.64. The minimum atomic E-state index is -0.441. The number of likely N-dealkylation sites (tertiary alicyclic amines) is 1. The molecule has 0 aromatic heterocycles. The zero-order chi connectivity index (χ0) is 16.1. The van der Waals surface area contributed by atoms with Gasteiger partial charge in [0, 0.05) is 18.6 Å². The van der Waals surface area contributed by atoms with Crippen molar-refractivity contribution < 1.29 is 9.84 Å². The van der Waals surface area contributed by atoms with Crippen LogP contribution in [-0.4, -0.2) is 41.3 Å². The van der Waals surface area contributed by atoms with E-state index in [0.717, 1.165) is 5.75 Å². The minimum absolute atomic E-state index is 0.361. The van der Waals surface area contributed by atoms with E-state index in [0.29, 0.717) is 31.2 Å². The van der Waals surface area contributed by atoms with E-state index in [1.807, 2.05) is 18.2 Å². The molecule has 3 nitrogen and oxygen atoms in total. The van der Waals surface area contributed by atoms with Gasteiger partial charge in [0.1, 0.15) is 18.5 Å². The molecule has 0 radical (unpaired) electrons. The molecule has 0 unspecified atom stereocenters. The van der Waals surface area contributed by atoms with Crippen LogP contribution in [0.15, 0.2) is 24.3 Å². The van der Waals surface area contributed by atoms with Crippen molar-refractivity contribution in [2.75, 3.05) is 13.2 Å². The van der Waals surface area contributed by atoms with Crippen molar-refractivity contribution >= 4 is 0 Å². The van der Waals surface area contributed by atoms with E-state index in [-0.39, 0.29) is 0 Å². The summed E-state index contributed by atoms with van der Waals surface area (Å²) in [6.45, 7) is 9.91. The molecule has 0 saturated carbocycles. The van der Waals surface area contributed by atoms with E-state index in [2.05, 4.69) is 38.7 Å². The Balaban J connectivity index is 1.89. The first-order valence-corrected chi connectivity index (χ1v) is 8.64. The summed E-state index contributed by atoms with van der Waals surface area (Å²) in [4.78, 5) is 2.42. The summed E-state index contributed by atoms with van der Waals surface area (Å²) >= 11 is 0. The quantitative estimate of drug-likeness (QED) is 0.867. The zero-order valence-corrected chi connectivity index (χ0v) is 14.5. The van der Waals surface area contributed by atoms with Gasteiger partial charge in [-0.3, -0.25) is 4.90 Å². The summed E-state index contributed by atoms with van der Waals surface area (Å²) in [5, 5.41) is 10.4. The van der Waals surface area contributed by atoms with Crippen LogP contribution >= 0.6 is 0 Å². The highest BCUT2D eigenvalue weighted by atomic mass is 16.5. The lowest BCUT2D eigenvalue weighted by Gasteiger charge is -2.40. The van der Waals surface area contributed by atoms with Crippen molar-refractivity contribution in [3.05, 3.63) is 29.8 Å². The number of piperidine rings is 1. The number of aliphatic hydroxyl groups excluding tert-OH is 1. The molecule has 1 fully saturated rings. The Bertz CT molecular complexity index is 451. The Hall–Kier alpha value is -1.06. The van der Waals surface area contributed by atoms with E-state index >= 15 is 0 Å². The lowest BCUT2D eigenvalue weighted by atomic mass is 9.97. The highest BCUT2D eigenvalue weighted by Crippen LogP contribution is 2.26. The van der Waals surface area contributed by atoms with Crippen LogP contribution in [0.2, 0.25) is 0 Å². The first kappa shape index (κ1) is 17.3. The van der Waals surface area contributed by atoms with E-state index in [1.165, 1.54) is 24.8 Å². The van der Waals surface area contributed by atoms with Crippen LogP contribution < -0.4 is 4.74 Å². The van der Waals surface area contributed by atoms with Gasteiger partial charge in [-0.2, -0.15) is 0 Å². The molecular weight excluding hydrogens is 274 g/mol. The number of ether oxygens (including phenoxy) is 1. The number of nitrogens with zero attached hydrogens (tertiary/aromatic N) is 1. The van der Waals surface area contributed by atoms with Crippen molar-refractivity contribution in [2.24, 2.45) is 0 Å². The number of aliphatic hydroxyl groups is 1. The fourth-order valence-corrected chi connectivity index (χ4v) is 3.41. The highest BCUT2D eigenvalue weighted by molar-refractivity contribution is 5.35. The lowest BCUT2D eigenvalue weighted by molar-refractivity contribution is 0.0207. The standard InChI is InChI=1S/C19H31NO2/c1-14(2)18-10-5-6-11-19(18)22-13-17(21)12-20-15(3)8-7-9-16(20)4/h5-6,10-11,14-17,21H,7-9,12-13H2,1-4H3/t15-,16-,17+/m1/s1. The van der Waals surface area contributed by atoms with E-state index in [1.54, 1.807) is 0 Å². The second-order valence-corrected chi connectivity index (χ2v) is 6.98. The molecule has 0 bridgehead atoms. The molecule has 1 heterocycles. The summed E-state index contributed by atoms with van der Waals surface area (Å²) in [6.07, 6.45) is 3.32. The number of hydrogen-bond acceptors (Lipinski definition) is 3. The van der Waals surface area contributed by atoms with E-state index in [9.17, 15) is 5.11 Å². The topological polar surface area (TPSA) is 32.7 Å². The van der Waals surface area contributed by atoms with E-state index in [4.69, 9.17) is 4.74 Å². The van der Waals surface area contributed by atoms with Gasteiger partial charge in [-0.05, 0) is 44.2 Å². The van der Waals surface area contributed by atoms with Gasteiger partial charge < -0.3 is 9.84 Å². The molecular formula is C19H31NO2. The van der Waals surface area contributed by atoms with Crippen molar-refractivity contribution in [1.29, 1.82) is 0 Å². The number of rotatable bonds is 6. The monoisotopic (exact) mass is 305 g/mol. The molecule has 1 N–H and O–H groups in total. The van der Waals surface area contributed by atoms with Gasteiger partial charge in [-0.25, -0.2) is 0 Å². The predicted molar refractivity (Wildman–Crippen MR) is 91.5 cm³/mol. The SMILES string of the molecule is CC(C)c1ccccc1OC[C@@H](O)CN1[C@H](C)CCC[C@H]1C. The van der Waals surface area contributed by atoms with Crippen LogP contribution in [0.25, 0.3) is 0 Å².